The van der Waals surface area contributed by atoms with E-state index in [1.54, 1.807) is 35.2 Å². The van der Waals surface area contributed by atoms with E-state index in [1.807, 2.05) is 0 Å². The fourth-order valence-corrected chi connectivity index (χ4v) is 5.37. The molecule has 186 valence electrons. The second-order valence-electron chi connectivity index (χ2n) is 8.51. The third-order valence-electron chi connectivity index (χ3n) is 6.23. The molecule has 4 aromatic rings. The van der Waals surface area contributed by atoms with E-state index in [0.29, 0.717) is 22.0 Å². The van der Waals surface area contributed by atoms with Gasteiger partial charge in [0.05, 0.1) is 29.2 Å². The SMILES string of the molecule is COc1ncc(-c2ccc3ncn(C4CCNCC4)c(=O)c3c2)cc1NS(=O)(=O)c1ccc(F)cc1. The quantitative estimate of drug-likeness (QED) is 0.410. The van der Waals surface area contributed by atoms with Gasteiger partial charge >= 0.3 is 0 Å². The van der Waals surface area contributed by atoms with Crippen molar-refractivity contribution in [1.29, 1.82) is 0 Å². The molecule has 5 rings (SSSR count). The van der Waals surface area contributed by atoms with E-state index in [-0.39, 0.29) is 28.1 Å². The van der Waals surface area contributed by atoms with Gasteiger partial charge in [-0.1, -0.05) is 6.07 Å². The highest BCUT2D eigenvalue weighted by atomic mass is 32.2. The maximum absolute atomic E-state index is 13.3. The van der Waals surface area contributed by atoms with Gasteiger partial charge in [0.15, 0.2) is 0 Å². The molecule has 11 heteroatoms. The zero-order chi connectivity index (χ0) is 25.3. The molecule has 2 N–H and O–H groups in total. The molecule has 0 aliphatic carbocycles. The third-order valence-corrected chi connectivity index (χ3v) is 7.61. The first-order valence-electron chi connectivity index (χ1n) is 11.4. The number of hydrogen-bond donors (Lipinski definition) is 2. The van der Waals surface area contributed by atoms with Crippen LogP contribution in [0.5, 0.6) is 5.88 Å². The Bertz CT molecular complexity index is 1580. The van der Waals surface area contributed by atoms with Crippen molar-refractivity contribution in [1.82, 2.24) is 19.9 Å². The first-order valence-corrected chi connectivity index (χ1v) is 12.9. The zero-order valence-electron chi connectivity index (χ0n) is 19.4. The number of nitrogens with zero attached hydrogens (tertiary/aromatic N) is 3. The van der Waals surface area contributed by atoms with E-state index in [0.717, 1.165) is 38.1 Å². The molecule has 2 aromatic heterocycles. The van der Waals surface area contributed by atoms with Gasteiger partial charge in [0.1, 0.15) is 11.5 Å². The van der Waals surface area contributed by atoms with Crippen LogP contribution in [0.4, 0.5) is 10.1 Å². The molecule has 0 atom stereocenters. The summed E-state index contributed by atoms with van der Waals surface area (Å²) in [6, 6.07) is 11.4. The molecule has 1 aliphatic heterocycles. The van der Waals surface area contributed by atoms with Gasteiger partial charge in [-0.25, -0.2) is 22.8 Å². The molecule has 0 spiro atoms. The lowest BCUT2D eigenvalue weighted by Gasteiger charge is -2.24. The maximum atomic E-state index is 13.3. The molecular weight excluding hydrogens is 485 g/mol. The number of halogens is 1. The van der Waals surface area contributed by atoms with E-state index in [9.17, 15) is 17.6 Å². The number of nitrogens with one attached hydrogen (secondary N) is 2. The second-order valence-corrected chi connectivity index (χ2v) is 10.2. The lowest BCUT2D eigenvalue weighted by atomic mass is 10.0. The Morgan fingerprint density at radius 2 is 1.81 bits per heavy atom. The smallest absolute Gasteiger partial charge is 0.262 e. The van der Waals surface area contributed by atoms with Crippen LogP contribution in [0.1, 0.15) is 18.9 Å². The Balaban J connectivity index is 1.53. The summed E-state index contributed by atoms with van der Waals surface area (Å²) in [5.41, 5.74) is 1.81. The number of pyridine rings is 1. The summed E-state index contributed by atoms with van der Waals surface area (Å²) in [5, 5.41) is 3.77. The minimum Gasteiger partial charge on any atom is -0.480 e. The number of ether oxygens (including phenoxy) is 1. The average Bonchev–Trinajstić information content (AvgIpc) is 2.89. The number of aromatic nitrogens is 3. The van der Waals surface area contributed by atoms with Crippen LogP contribution in [0.15, 0.2) is 70.7 Å². The maximum Gasteiger partial charge on any atom is 0.262 e. The minimum atomic E-state index is -4.03. The highest BCUT2D eigenvalue weighted by Gasteiger charge is 2.20. The van der Waals surface area contributed by atoms with Crippen LogP contribution in [0.25, 0.3) is 22.0 Å². The summed E-state index contributed by atoms with van der Waals surface area (Å²) < 4.78 is 48.4. The number of hydrogen-bond acceptors (Lipinski definition) is 7. The number of anilines is 1. The first kappa shape index (κ1) is 23.9. The average molecular weight is 510 g/mol. The monoisotopic (exact) mass is 509 g/mol. The first-order chi connectivity index (χ1) is 17.4. The molecule has 36 heavy (non-hydrogen) atoms. The predicted octanol–water partition coefficient (Wildman–Crippen LogP) is 3.33. The van der Waals surface area contributed by atoms with Gasteiger partial charge in [-0.05, 0) is 74.0 Å². The summed E-state index contributed by atoms with van der Waals surface area (Å²) in [4.78, 5) is 21.9. The summed E-state index contributed by atoms with van der Waals surface area (Å²) in [6.45, 7) is 1.70. The number of methoxy groups -OCH3 is 1. The fourth-order valence-electron chi connectivity index (χ4n) is 4.32. The number of fused-ring (bicyclic) bond motifs is 1. The molecule has 3 heterocycles. The summed E-state index contributed by atoms with van der Waals surface area (Å²) in [5.74, 6) is -0.472. The van der Waals surface area contributed by atoms with Crippen LogP contribution >= 0.6 is 0 Å². The molecule has 0 amide bonds. The molecule has 9 nitrogen and oxygen atoms in total. The third kappa shape index (κ3) is 4.67. The van der Waals surface area contributed by atoms with Crippen molar-refractivity contribution in [3.8, 4) is 17.0 Å². The van der Waals surface area contributed by atoms with E-state index in [1.165, 1.54) is 25.4 Å². The van der Waals surface area contributed by atoms with Gasteiger partial charge in [0.2, 0.25) is 5.88 Å². The fraction of sp³-hybridized carbons (Fsp3) is 0.240. The molecule has 0 radical (unpaired) electrons. The van der Waals surface area contributed by atoms with Crippen LogP contribution in [0.2, 0.25) is 0 Å². The molecule has 1 saturated heterocycles. The Morgan fingerprint density at radius 1 is 1.06 bits per heavy atom. The molecule has 1 fully saturated rings. The number of benzene rings is 2. The Hall–Kier alpha value is -3.83. The van der Waals surface area contributed by atoms with Crippen molar-refractivity contribution < 1.29 is 17.5 Å². The van der Waals surface area contributed by atoms with Crippen LogP contribution in [-0.4, -0.2) is 43.2 Å². The van der Waals surface area contributed by atoms with E-state index in [2.05, 4.69) is 20.0 Å². The Labute approximate surface area is 207 Å². The molecule has 1 aliphatic rings. The van der Waals surface area contributed by atoms with Crippen LogP contribution < -0.4 is 20.3 Å². The van der Waals surface area contributed by atoms with Crippen LogP contribution in [0, 0.1) is 5.82 Å². The highest BCUT2D eigenvalue weighted by Crippen LogP contribution is 2.31. The van der Waals surface area contributed by atoms with Crippen LogP contribution in [0.3, 0.4) is 0 Å². The number of sulfonamides is 1. The van der Waals surface area contributed by atoms with Gasteiger partial charge in [0, 0.05) is 17.8 Å². The lowest BCUT2D eigenvalue weighted by Crippen LogP contribution is -2.34. The summed E-state index contributed by atoms with van der Waals surface area (Å²) in [7, 11) is -2.65. The van der Waals surface area contributed by atoms with Crippen molar-refractivity contribution in [3.63, 3.8) is 0 Å². The second kappa shape index (κ2) is 9.67. The van der Waals surface area contributed by atoms with Gasteiger partial charge in [-0.15, -0.1) is 0 Å². The van der Waals surface area contributed by atoms with E-state index < -0.39 is 15.8 Å². The van der Waals surface area contributed by atoms with Crippen molar-refractivity contribution in [2.75, 3.05) is 24.9 Å². The Morgan fingerprint density at radius 3 is 2.53 bits per heavy atom. The molecule has 0 saturated carbocycles. The molecule has 2 aromatic carbocycles. The minimum absolute atomic E-state index is 0.0696. The van der Waals surface area contributed by atoms with Gasteiger partial charge < -0.3 is 10.1 Å². The highest BCUT2D eigenvalue weighted by molar-refractivity contribution is 7.92. The van der Waals surface area contributed by atoms with Crippen molar-refractivity contribution in [3.05, 3.63) is 77.2 Å². The largest absolute Gasteiger partial charge is 0.480 e. The van der Waals surface area contributed by atoms with Crippen molar-refractivity contribution in [2.24, 2.45) is 0 Å². The standard InChI is InChI=1S/C25H24FN5O4S/c1-35-24-23(30-36(33,34)20-5-3-18(26)4-6-20)13-17(14-28-24)16-2-7-22-21(12-16)25(32)31(15-29-22)19-8-10-27-11-9-19/h2-7,12-15,19,27,30H,8-11H2,1H3. The van der Waals surface area contributed by atoms with Crippen LogP contribution in [-0.2, 0) is 10.0 Å². The summed E-state index contributed by atoms with van der Waals surface area (Å²) in [6.07, 6.45) is 4.86. The van der Waals surface area contributed by atoms with Gasteiger partial charge in [-0.3, -0.25) is 14.1 Å². The number of rotatable bonds is 6. The van der Waals surface area contributed by atoms with Crippen molar-refractivity contribution in [2.45, 2.75) is 23.8 Å². The summed E-state index contributed by atoms with van der Waals surface area (Å²) >= 11 is 0. The molecule has 0 bridgehead atoms. The van der Waals surface area contributed by atoms with E-state index in [4.69, 9.17) is 4.74 Å². The van der Waals surface area contributed by atoms with Gasteiger partial charge in [0.25, 0.3) is 15.6 Å². The molecular formula is C25H24FN5O4S. The predicted molar refractivity (Wildman–Crippen MR) is 134 cm³/mol. The Kier molecular flexibility index (Phi) is 6.42. The topological polar surface area (TPSA) is 115 Å². The lowest BCUT2D eigenvalue weighted by molar-refractivity contribution is 0.359. The van der Waals surface area contributed by atoms with E-state index >= 15 is 0 Å². The zero-order valence-corrected chi connectivity index (χ0v) is 20.3. The molecule has 0 unspecified atom stereocenters. The number of piperidine rings is 1. The van der Waals surface area contributed by atoms with Gasteiger partial charge in [-0.2, -0.15) is 0 Å². The normalized spacial score (nSPS) is 14.6. The van der Waals surface area contributed by atoms with Crippen molar-refractivity contribution >= 4 is 26.6 Å².